The van der Waals surface area contributed by atoms with Crippen LogP contribution in [0.2, 0.25) is 5.02 Å². The van der Waals surface area contributed by atoms with Gasteiger partial charge in [0, 0.05) is 28.9 Å². The molecule has 1 fully saturated rings. The summed E-state index contributed by atoms with van der Waals surface area (Å²) in [6.07, 6.45) is 3.45. The van der Waals surface area contributed by atoms with Crippen LogP contribution in [0.4, 0.5) is 5.69 Å². The quantitative estimate of drug-likeness (QED) is 0.901. The van der Waals surface area contributed by atoms with E-state index in [1.165, 1.54) is 11.8 Å². The summed E-state index contributed by atoms with van der Waals surface area (Å²) in [6, 6.07) is 14.8. The van der Waals surface area contributed by atoms with Crippen LogP contribution in [0.1, 0.15) is 18.4 Å². The van der Waals surface area contributed by atoms with Gasteiger partial charge in [-0.2, -0.15) is 0 Å². The molecule has 1 saturated carbocycles. The number of hydrogen-bond acceptors (Lipinski definition) is 3. The van der Waals surface area contributed by atoms with Gasteiger partial charge in [-0.05, 0) is 48.7 Å². The van der Waals surface area contributed by atoms with Crippen LogP contribution >= 0.6 is 11.6 Å². The van der Waals surface area contributed by atoms with Crippen molar-refractivity contribution in [3.63, 3.8) is 0 Å². The number of sulfone groups is 1. The third-order valence-electron chi connectivity index (χ3n) is 4.21. The van der Waals surface area contributed by atoms with Crippen LogP contribution in [-0.4, -0.2) is 21.2 Å². The second kappa shape index (κ2) is 5.60. The molecule has 1 aliphatic rings. The van der Waals surface area contributed by atoms with Crippen LogP contribution in [0.5, 0.6) is 0 Å². The summed E-state index contributed by atoms with van der Waals surface area (Å²) >= 11 is 6.31. The highest BCUT2D eigenvalue weighted by Crippen LogP contribution is 2.50. The van der Waals surface area contributed by atoms with Crippen molar-refractivity contribution in [2.45, 2.75) is 23.2 Å². The summed E-state index contributed by atoms with van der Waals surface area (Å²) in [5.41, 5.74) is 2.22. The number of halogens is 1. The van der Waals surface area contributed by atoms with Crippen LogP contribution < -0.4 is 5.32 Å². The summed E-state index contributed by atoms with van der Waals surface area (Å²) < 4.78 is 22.9. The molecule has 3 nitrogen and oxygen atoms in total. The molecule has 0 saturated heterocycles. The molecule has 0 heterocycles. The van der Waals surface area contributed by atoms with Crippen LogP contribution in [0.15, 0.2) is 53.4 Å². The Hall–Kier alpha value is -1.52. The largest absolute Gasteiger partial charge is 0.384 e. The maximum Gasteiger partial charge on any atom is 0.175 e. The molecule has 1 aliphatic carbocycles. The molecular formula is C17H18ClNO2S. The number of benzene rings is 2. The molecule has 0 amide bonds. The van der Waals surface area contributed by atoms with E-state index in [0.717, 1.165) is 30.1 Å². The van der Waals surface area contributed by atoms with Crippen molar-refractivity contribution in [3.8, 4) is 0 Å². The van der Waals surface area contributed by atoms with E-state index < -0.39 is 9.84 Å². The van der Waals surface area contributed by atoms with Crippen LogP contribution in [0.3, 0.4) is 0 Å². The first-order valence-electron chi connectivity index (χ1n) is 7.20. The average molecular weight is 336 g/mol. The molecule has 0 bridgehead atoms. The minimum atomic E-state index is -3.14. The molecule has 0 atom stereocenters. The topological polar surface area (TPSA) is 46.2 Å². The van der Waals surface area contributed by atoms with Crippen LogP contribution in [-0.2, 0) is 15.3 Å². The van der Waals surface area contributed by atoms with E-state index in [-0.39, 0.29) is 5.41 Å². The van der Waals surface area contributed by atoms with Crippen LogP contribution in [0, 0.1) is 0 Å². The molecular weight excluding hydrogens is 318 g/mol. The number of rotatable bonds is 5. The van der Waals surface area contributed by atoms with Gasteiger partial charge in [0.05, 0.1) is 4.90 Å². The number of anilines is 1. The Balaban J connectivity index is 1.72. The highest BCUT2D eigenvalue weighted by atomic mass is 35.5. The normalized spacial score (nSPS) is 16.3. The second-order valence-electron chi connectivity index (χ2n) is 5.91. The van der Waals surface area contributed by atoms with Gasteiger partial charge in [-0.15, -0.1) is 0 Å². The Bertz CT molecular complexity index is 781. The first-order chi connectivity index (χ1) is 10.4. The summed E-state index contributed by atoms with van der Waals surface area (Å²) in [4.78, 5) is 0.338. The lowest BCUT2D eigenvalue weighted by atomic mass is 9.96. The standard InChI is InChI=1S/C17H18ClNO2S/c1-22(20,21)14-8-6-13(7-9-14)19-12-17(10-11-17)15-4-2-3-5-16(15)18/h2-9,19H,10-12H2,1H3. The summed E-state index contributed by atoms with van der Waals surface area (Å²) in [5, 5.41) is 4.21. The third-order valence-corrected chi connectivity index (χ3v) is 5.67. The van der Waals surface area contributed by atoms with E-state index in [1.54, 1.807) is 24.3 Å². The van der Waals surface area contributed by atoms with Gasteiger partial charge in [0.1, 0.15) is 0 Å². The van der Waals surface area contributed by atoms with Gasteiger partial charge >= 0.3 is 0 Å². The van der Waals surface area contributed by atoms with E-state index in [2.05, 4.69) is 11.4 Å². The second-order valence-corrected chi connectivity index (χ2v) is 8.33. The molecule has 0 spiro atoms. The number of nitrogens with one attached hydrogen (secondary N) is 1. The fourth-order valence-corrected chi connectivity index (χ4v) is 3.64. The monoisotopic (exact) mass is 335 g/mol. The van der Waals surface area contributed by atoms with Gasteiger partial charge in [-0.25, -0.2) is 8.42 Å². The third kappa shape index (κ3) is 3.13. The van der Waals surface area contributed by atoms with E-state index in [4.69, 9.17) is 11.6 Å². The van der Waals surface area contributed by atoms with Crippen molar-refractivity contribution < 1.29 is 8.42 Å². The minimum Gasteiger partial charge on any atom is -0.384 e. The molecule has 0 radical (unpaired) electrons. The van der Waals surface area contributed by atoms with Crippen molar-refractivity contribution in [3.05, 3.63) is 59.1 Å². The van der Waals surface area contributed by atoms with E-state index in [1.807, 2.05) is 18.2 Å². The first-order valence-corrected chi connectivity index (χ1v) is 9.47. The Morgan fingerprint density at radius 3 is 2.27 bits per heavy atom. The SMILES string of the molecule is CS(=O)(=O)c1ccc(NCC2(c3ccccc3Cl)CC2)cc1. The maximum absolute atomic E-state index is 11.5. The Morgan fingerprint density at radius 2 is 1.73 bits per heavy atom. The van der Waals surface area contributed by atoms with Gasteiger partial charge in [-0.1, -0.05) is 29.8 Å². The molecule has 3 rings (SSSR count). The van der Waals surface area contributed by atoms with Crippen molar-refractivity contribution in [1.82, 2.24) is 0 Å². The fourth-order valence-electron chi connectivity index (χ4n) is 2.67. The van der Waals surface area contributed by atoms with Gasteiger partial charge < -0.3 is 5.32 Å². The zero-order valence-electron chi connectivity index (χ0n) is 12.3. The van der Waals surface area contributed by atoms with E-state index >= 15 is 0 Å². The van der Waals surface area contributed by atoms with Crippen molar-refractivity contribution >= 4 is 27.1 Å². The molecule has 0 aliphatic heterocycles. The van der Waals surface area contributed by atoms with E-state index in [9.17, 15) is 8.42 Å². The first kappa shape index (κ1) is 15.4. The Morgan fingerprint density at radius 1 is 1.09 bits per heavy atom. The molecule has 22 heavy (non-hydrogen) atoms. The molecule has 116 valence electrons. The zero-order chi connectivity index (χ0) is 15.8. The highest BCUT2D eigenvalue weighted by Gasteiger charge is 2.45. The van der Waals surface area contributed by atoms with Crippen molar-refractivity contribution in [2.75, 3.05) is 18.1 Å². The summed E-state index contributed by atoms with van der Waals surface area (Å²) in [7, 11) is -3.14. The summed E-state index contributed by atoms with van der Waals surface area (Å²) in [6.45, 7) is 0.801. The lowest BCUT2D eigenvalue weighted by Gasteiger charge is -2.19. The van der Waals surface area contributed by atoms with Crippen molar-refractivity contribution in [2.24, 2.45) is 0 Å². The van der Waals surface area contributed by atoms with Crippen molar-refractivity contribution in [1.29, 1.82) is 0 Å². The van der Waals surface area contributed by atoms with Gasteiger partial charge in [-0.3, -0.25) is 0 Å². The predicted molar refractivity (Wildman–Crippen MR) is 90.4 cm³/mol. The molecule has 2 aromatic rings. The lowest BCUT2D eigenvalue weighted by Crippen LogP contribution is -2.20. The summed E-state index contributed by atoms with van der Waals surface area (Å²) in [5.74, 6) is 0. The molecule has 0 aromatic heterocycles. The molecule has 2 aromatic carbocycles. The Kier molecular flexibility index (Phi) is 3.91. The lowest BCUT2D eigenvalue weighted by molar-refractivity contribution is 0.602. The average Bonchev–Trinajstić information content (AvgIpc) is 3.26. The molecule has 1 N–H and O–H groups in total. The maximum atomic E-state index is 11.5. The Labute approximate surface area is 136 Å². The van der Waals surface area contributed by atoms with Gasteiger partial charge in [0.25, 0.3) is 0 Å². The fraction of sp³-hybridized carbons (Fsp3) is 0.294. The van der Waals surface area contributed by atoms with Crippen LogP contribution in [0.25, 0.3) is 0 Å². The zero-order valence-corrected chi connectivity index (χ0v) is 13.9. The van der Waals surface area contributed by atoms with E-state index in [0.29, 0.717) is 4.90 Å². The molecule has 5 heteroatoms. The smallest absolute Gasteiger partial charge is 0.175 e. The predicted octanol–water partition coefficient (Wildman–Crippen LogP) is 3.89. The highest BCUT2D eigenvalue weighted by molar-refractivity contribution is 7.90. The minimum absolute atomic E-state index is 0.105. The van der Waals surface area contributed by atoms with Gasteiger partial charge in [0.15, 0.2) is 9.84 Å². The van der Waals surface area contributed by atoms with Gasteiger partial charge in [0.2, 0.25) is 0 Å². The number of hydrogen-bond donors (Lipinski definition) is 1. The molecule has 0 unspecified atom stereocenters.